The van der Waals surface area contributed by atoms with Crippen molar-refractivity contribution in [2.45, 2.75) is 76.8 Å². The van der Waals surface area contributed by atoms with Gasteiger partial charge in [-0.15, -0.1) is 0 Å². The Labute approximate surface area is 194 Å². The number of aryl methyl sites for hydroxylation is 2. The van der Waals surface area contributed by atoms with Crippen LogP contribution >= 0.6 is 0 Å². The largest absolute Gasteiger partial charge is 0.416 e. The molecule has 0 radical (unpaired) electrons. The summed E-state index contributed by atoms with van der Waals surface area (Å²) in [6, 6.07) is 15.1. The number of halogens is 4. The van der Waals surface area contributed by atoms with Gasteiger partial charge in [0.2, 0.25) is 0 Å². The fourth-order valence-electron chi connectivity index (χ4n) is 5.22. The Bertz CT molecular complexity index is 1060. The third-order valence-electron chi connectivity index (χ3n) is 7.31. The van der Waals surface area contributed by atoms with Crippen LogP contribution in [-0.4, -0.2) is 0 Å². The molecule has 0 N–H and O–H groups in total. The van der Waals surface area contributed by atoms with E-state index < -0.39 is 11.7 Å². The Kier molecular flexibility index (Phi) is 7.41. The molecule has 0 heterocycles. The van der Waals surface area contributed by atoms with Crippen LogP contribution in [0.2, 0.25) is 0 Å². The number of hydrogen-bond acceptors (Lipinski definition) is 0. The zero-order chi connectivity index (χ0) is 23.4. The molecule has 1 fully saturated rings. The highest BCUT2D eigenvalue weighted by Crippen LogP contribution is 2.39. The van der Waals surface area contributed by atoms with E-state index in [2.05, 4.69) is 19.1 Å². The van der Waals surface area contributed by atoms with Gasteiger partial charge < -0.3 is 0 Å². The van der Waals surface area contributed by atoms with Crippen LogP contribution in [0.15, 0.2) is 54.6 Å². The lowest BCUT2D eigenvalue weighted by atomic mass is 9.77. The molecule has 4 heteroatoms. The predicted octanol–water partition coefficient (Wildman–Crippen LogP) is 9.25. The molecule has 1 saturated carbocycles. The number of hydrogen-bond donors (Lipinski definition) is 0. The molecule has 0 saturated heterocycles. The van der Waals surface area contributed by atoms with Crippen molar-refractivity contribution in [2.24, 2.45) is 5.92 Å². The third-order valence-corrected chi connectivity index (χ3v) is 7.31. The first-order chi connectivity index (χ1) is 15.8. The Morgan fingerprint density at radius 2 is 1.58 bits per heavy atom. The second-order valence-corrected chi connectivity index (χ2v) is 9.57. The van der Waals surface area contributed by atoms with Gasteiger partial charge in [-0.1, -0.05) is 68.7 Å². The van der Waals surface area contributed by atoms with E-state index in [1.165, 1.54) is 62.6 Å². The van der Waals surface area contributed by atoms with Crippen molar-refractivity contribution >= 4 is 10.8 Å². The molecule has 3 aromatic rings. The van der Waals surface area contributed by atoms with Crippen molar-refractivity contribution in [2.75, 3.05) is 0 Å². The van der Waals surface area contributed by atoms with Gasteiger partial charge in [-0.3, -0.25) is 0 Å². The predicted molar refractivity (Wildman–Crippen MR) is 127 cm³/mol. The van der Waals surface area contributed by atoms with E-state index in [0.29, 0.717) is 29.7 Å². The highest BCUT2D eigenvalue weighted by molar-refractivity contribution is 5.84. The molecule has 4 rings (SSSR count). The number of benzene rings is 3. The molecule has 0 nitrogen and oxygen atoms in total. The summed E-state index contributed by atoms with van der Waals surface area (Å²) >= 11 is 0. The summed E-state index contributed by atoms with van der Waals surface area (Å²) in [6.07, 6.45) is 5.57. The molecular weight excluding hydrogens is 424 g/mol. The Hall–Kier alpha value is -2.36. The maximum Gasteiger partial charge on any atom is 0.416 e. The summed E-state index contributed by atoms with van der Waals surface area (Å²) in [4.78, 5) is 0. The summed E-state index contributed by atoms with van der Waals surface area (Å²) < 4.78 is 53.4. The van der Waals surface area contributed by atoms with Gasteiger partial charge in [0.1, 0.15) is 5.82 Å². The van der Waals surface area contributed by atoms with Gasteiger partial charge in [-0.25, -0.2) is 4.39 Å². The second kappa shape index (κ2) is 10.3. The van der Waals surface area contributed by atoms with Gasteiger partial charge in [0.15, 0.2) is 0 Å². The standard InChI is InChI=1S/C29H32F4/c1-2-3-4-20-5-10-22(11-6-20)24-15-18-27-25(19-24)14-13-23(28(27)30)12-7-21-8-16-26(17-9-21)29(31,32)33/h8-9,13-20,22H,2-7,10-12H2,1H3. The van der Waals surface area contributed by atoms with Crippen LogP contribution in [0.1, 0.15) is 80.0 Å². The van der Waals surface area contributed by atoms with Crippen LogP contribution in [0.5, 0.6) is 0 Å². The van der Waals surface area contributed by atoms with E-state index in [1.54, 1.807) is 0 Å². The van der Waals surface area contributed by atoms with Crippen LogP contribution in [0, 0.1) is 11.7 Å². The first-order valence-electron chi connectivity index (χ1n) is 12.2. The van der Waals surface area contributed by atoms with E-state index in [-0.39, 0.29) is 5.82 Å². The molecular formula is C29H32F4. The normalized spacial score (nSPS) is 19.2. The van der Waals surface area contributed by atoms with Gasteiger partial charge in [-0.2, -0.15) is 13.2 Å². The molecule has 0 bridgehead atoms. The van der Waals surface area contributed by atoms with Crippen LogP contribution in [-0.2, 0) is 19.0 Å². The Morgan fingerprint density at radius 1 is 0.848 bits per heavy atom. The molecule has 0 amide bonds. The fraction of sp³-hybridized carbons (Fsp3) is 0.448. The van der Waals surface area contributed by atoms with E-state index in [1.807, 2.05) is 18.2 Å². The fourth-order valence-corrected chi connectivity index (χ4v) is 5.22. The molecule has 3 aromatic carbocycles. The second-order valence-electron chi connectivity index (χ2n) is 9.57. The number of rotatable bonds is 7. The quantitative estimate of drug-likeness (QED) is 0.311. The average Bonchev–Trinajstić information content (AvgIpc) is 2.82. The lowest BCUT2D eigenvalue weighted by Gasteiger charge is -2.29. The zero-order valence-electron chi connectivity index (χ0n) is 19.2. The summed E-state index contributed by atoms with van der Waals surface area (Å²) in [6.45, 7) is 2.25. The molecule has 1 aliphatic rings. The zero-order valence-corrected chi connectivity index (χ0v) is 19.2. The lowest BCUT2D eigenvalue weighted by molar-refractivity contribution is -0.137. The first kappa shape index (κ1) is 23.8. The van der Waals surface area contributed by atoms with Gasteiger partial charge >= 0.3 is 6.18 Å². The van der Waals surface area contributed by atoms with Crippen molar-refractivity contribution in [3.05, 3.63) is 82.7 Å². The molecule has 0 spiro atoms. The minimum atomic E-state index is -4.34. The minimum absolute atomic E-state index is 0.214. The average molecular weight is 457 g/mol. The van der Waals surface area contributed by atoms with Crippen molar-refractivity contribution in [3.63, 3.8) is 0 Å². The third kappa shape index (κ3) is 5.77. The minimum Gasteiger partial charge on any atom is -0.206 e. The van der Waals surface area contributed by atoms with Gasteiger partial charge in [0, 0.05) is 5.39 Å². The lowest BCUT2D eigenvalue weighted by Crippen LogP contribution is -2.13. The number of unbranched alkanes of at least 4 members (excludes halogenated alkanes) is 1. The monoisotopic (exact) mass is 456 g/mol. The maximum atomic E-state index is 15.2. The van der Waals surface area contributed by atoms with Crippen molar-refractivity contribution < 1.29 is 17.6 Å². The molecule has 1 aliphatic carbocycles. The van der Waals surface area contributed by atoms with Gasteiger partial charge in [0.25, 0.3) is 0 Å². The van der Waals surface area contributed by atoms with Crippen LogP contribution in [0.3, 0.4) is 0 Å². The maximum absolute atomic E-state index is 15.2. The van der Waals surface area contributed by atoms with Crippen molar-refractivity contribution in [3.8, 4) is 0 Å². The smallest absolute Gasteiger partial charge is 0.206 e. The molecule has 33 heavy (non-hydrogen) atoms. The number of fused-ring (bicyclic) bond motifs is 1. The van der Waals surface area contributed by atoms with Crippen LogP contribution in [0.25, 0.3) is 10.8 Å². The SMILES string of the molecule is CCCCC1CCC(c2ccc3c(F)c(CCc4ccc(C(F)(F)F)cc4)ccc3c2)CC1. The summed E-state index contributed by atoms with van der Waals surface area (Å²) in [5.41, 5.74) is 2.03. The van der Waals surface area contributed by atoms with E-state index in [0.717, 1.165) is 29.0 Å². The van der Waals surface area contributed by atoms with Crippen molar-refractivity contribution in [1.29, 1.82) is 0 Å². The van der Waals surface area contributed by atoms with E-state index >= 15 is 4.39 Å². The summed E-state index contributed by atoms with van der Waals surface area (Å²) in [5, 5.41) is 1.55. The molecule has 0 aliphatic heterocycles. The Morgan fingerprint density at radius 3 is 2.24 bits per heavy atom. The molecule has 0 aromatic heterocycles. The first-order valence-corrected chi connectivity index (χ1v) is 12.2. The van der Waals surface area contributed by atoms with E-state index in [4.69, 9.17) is 0 Å². The highest BCUT2D eigenvalue weighted by Gasteiger charge is 2.30. The summed E-state index contributed by atoms with van der Waals surface area (Å²) in [7, 11) is 0. The summed E-state index contributed by atoms with van der Waals surface area (Å²) in [5.74, 6) is 1.22. The van der Waals surface area contributed by atoms with E-state index in [9.17, 15) is 13.2 Å². The molecule has 0 unspecified atom stereocenters. The highest BCUT2D eigenvalue weighted by atomic mass is 19.4. The Balaban J connectivity index is 1.42. The molecule has 0 atom stereocenters. The van der Waals surface area contributed by atoms with Gasteiger partial charge in [-0.05, 0) is 84.6 Å². The topological polar surface area (TPSA) is 0 Å². The van der Waals surface area contributed by atoms with Crippen molar-refractivity contribution in [1.82, 2.24) is 0 Å². The van der Waals surface area contributed by atoms with Crippen LogP contribution in [0.4, 0.5) is 17.6 Å². The molecule has 176 valence electrons. The van der Waals surface area contributed by atoms with Gasteiger partial charge in [0.05, 0.1) is 5.56 Å². The number of alkyl halides is 3. The van der Waals surface area contributed by atoms with Crippen LogP contribution < -0.4 is 0 Å².